The minimum Gasteiger partial charge on any atom is -0.333 e. The van der Waals surface area contributed by atoms with Crippen molar-refractivity contribution in [2.24, 2.45) is 5.41 Å². The fourth-order valence-corrected chi connectivity index (χ4v) is 4.83. The number of Topliss-reactive ketones (excluding diaryl/α,β-unsaturated/α-hetero) is 1. The molecule has 1 aliphatic heterocycles. The molecule has 0 aromatic carbocycles. The summed E-state index contributed by atoms with van der Waals surface area (Å²) in [6.07, 6.45) is 5.79. The normalized spacial score (nSPS) is 18.2. The summed E-state index contributed by atoms with van der Waals surface area (Å²) in [6, 6.07) is 3.36. The van der Waals surface area contributed by atoms with Crippen LogP contribution in [0.25, 0.3) is 0 Å². The minimum absolute atomic E-state index is 0.106. The van der Waals surface area contributed by atoms with Crippen molar-refractivity contribution >= 4 is 17.6 Å². The van der Waals surface area contributed by atoms with Crippen LogP contribution in [0.5, 0.6) is 0 Å². The largest absolute Gasteiger partial charge is 0.333 e. The highest BCUT2D eigenvalue weighted by Gasteiger charge is 2.37. The van der Waals surface area contributed by atoms with E-state index in [2.05, 4.69) is 15.2 Å². The van der Waals surface area contributed by atoms with Crippen LogP contribution in [0.1, 0.15) is 73.4 Å². The van der Waals surface area contributed by atoms with Crippen LogP contribution in [0.3, 0.4) is 0 Å². The Morgan fingerprint density at radius 3 is 2.51 bits per heavy atom. The zero-order valence-corrected chi connectivity index (χ0v) is 20.9. The lowest BCUT2D eigenvalue weighted by molar-refractivity contribution is -0.151. The molecule has 1 saturated heterocycles. The number of nitrogens with one attached hydrogen (secondary N) is 1. The lowest BCUT2D eigenvalue weighted by Crippen LogP contribution is -2.57. The van der Waals surface area contributed by atoms with Crippen molar-refractivity contribution in [1.82, 2.24) is 25.0 Å². The predicted molar refractivity (Wildman–Crippen MR) is 130 cm³/mol. The average molecular weight is 480 g/mol. The van der Waals surface area contributed by atoms with E-state index in [-0.39, 0.29) is 17.5 Å². The molecule has 0 saturated carbocycles. The van der Waals surface area contributed by atoms with Gasteiger partial charge in [-0.15, -0.1) is 0 Å². The number of amides is 2. The Kier molecular flexibility index (Phi) is 6.87. The molecule has 1 aliphatic carbocycles. The van der Waals surface area contributed by atoms with Gasteiger partial charge < -0.3 is 9.80 Å². The Morgan fingerprint density at radius 2 is 1.83 bits per heavy atom. The molecular weight excluding hydrogens is 446 g/mol. The highest BCUT2D eigenvalue weighted by molar-refractivity contribution is 6.37. The number of carbonyl (C=O) groups excluding carboxylic acids is 3. The van der Waals surface area contributed by atoms with E-state index in [1.807, 2.05) is 13.0 Å². The van der Waals surface area contributed by atoms with Gasteiger partial charge in [0.25, 0.3) is 17.4 Å². The van der Waals surface area contributed by atoms with Crippen molar-refractivity contribution in [2.75, 3.05) is 19.6 Å². The summed E-state index contributed by atoms with van der Waals surface area (Å²) in [4.78, 5) is 58.0. The maximum Gasteiger partial charge on any atom is 0.290 e. The number of nitrogens with zero attached hydrogens (tertiary/aromatic N) is 4. The Labute approximate surface area is 204 Å². The summed E-state index contributed by atoms with van der Waals surface area (Å²) in [6.45, 7) is 8.02. The summed E-state index contributed by atoms with van der Waals surface area (Å²) < 4.78 is 0. The van der Waals surface area contributed by atoms with E-state index in [0.29, 0.717) is 31.7 Å². The molecule has 2 aromatic rings. The summed E-state index contributed by atoms with van der Waals surface area (Å²) in [5, 5.41) is 6.92. The number of pyridine rings is 1. The van der Waals surface area contributed by atoms with Gasteiger partial charge in [0.05, 0.1) is 5.69 Å². The van der Waals surface area contributed by atoms with Gasteiger partial charge >= 0.3 is 0 Å². The molecule has 9 nitrogen and oxygen atoms in total. The number of H-pyrrole nitrogens is 1. The predicted octanol–water partition coefficient (Wildman–Crippen LogP) is 1.92. The Hall–Kier alpha value is -3.36. The van der Waals surface area contributed by atoms with Gasteiger partial charge in [0.1, 0.15) is 5.69 Å². The number of carbonyl (C=O) groups is 3. The average Bonchev–Trinajstić information content (AvgIpc) is 2.84. The van der Waals surface area contributed by atoms with Crippen molar-refractivity contribution in [3.8, 4) is 0 Å². The molecule has 4 rings (SSSR count). The molecule has 1 N–H and O–H groups in total. The highest BCUT2D eigenvalue weighted by atomic mass is 16.2. The van der Waals surface area contributed by atoms with Crippen molar-refractivity contribution < 1.29 is 14.4 Å². The van der Waals surface area contributed by atoms with E-state index in [1.54, 1.807) is 42.8 Å². The number of rotatable bonds is 4. The third kappa shape index (κ3) is 5.18. The topological polar surface area (TPSA) is 116 Å². The highest BCUT2D eigenvalue weighted by Crippen LogP contribution is 2.23. The van der Waals surface area contributed by atoms with Gasteiger partial charge in [-0.25, -0.2) is 5.10 Å². The van der Waals surface area contributed by atoms with Gasteiger partial charge in [-0.2, -0.15) is 5.10 Å². The van der Waals surface area contributed by atoms with E-state index >= 15 is 0 Å². The fourth-order valence-electron chi connectivity index (χ4n) is 4.83. The standard InChI is InChI=1S/C26H33N5O4/c1-16-15-30(11-12-31(16)25(35)22(32)26(2,3)4)24(34)21-14-17(9-10-27-21)13-20-18-7-5-6-8-19(18)23(33)29-28-20/h9-10,14,16H,5-8,11-13,15H2,1-4H3,(H,29,33)/t16-/m1/s1. The van der Waals surface area contributed by atoms with Crippen LogP contribution in [0.2, 0.25) is 0 Å². The molecule has 2 aromatic heterocycles. The first kappa shape index (κ1) is 24.8. The van der Waals surface area contributed by atoms with Gasteiger partial charge in [-0.3, -0.25) is 24.2 Å². The van der Waals surface area contributed by atoms with Gasteiger partial charge in [-0.05, 0) is 55.9 Å². The van der Waals surface area contributed by atoms with Crippen LogP contribution in [-0.4, -0.2) is 68.3 Å². The van der Waals surface area contributed by atoms with Crippen molar-refractivity contribution in [3.05, 3.63) is 56.8 Å². The van der Waals surface area contributed by atoms with E-state index in [4.69, 9.17) is 0 Å². The van der Waals surface area contributed by atoms with Crippen LogP contribution in [0.15, 0.2) is 23.1 Å². The lowest BCUT2D eigenvalue weighted by Gasteiger charge is -2.40. The summed E-state index contributed by atoms with van der Waals surface area (Å²) in [5.74, 6) is -1.12. The second-order valence-corrected chi connectivity index (χ2v) is 10.6. The third-order valence-electron chi connectivity index (χ3n) is 6.85. The minimum atomic E-state index is -0.742. The Balaban J connectivity index is 1.46. The molecule has 0 unspecified atom stereocenters. The molecule has 9 heteroatoms. The molecule has 0 radical (unpaired) electrons. The number of ketones is 1. The summed E-state index contributed by atoms with van der Waals surface area (Å²) >= 11 is 0. The van der Waals surface area contributed by atoms with Crippen LogP contribution in [-0.2, 0) is 28.9 Å². The Bertz CT molecular complexity index is 1210. The Morgan fingerprint density at radius 1 is 1.11 bits per heavy atom. The first-order valence-corrected chi connectivity index (χ1v) is 12.2. The van der Waals surface area contributed by atoms with Crippen molar-refractivity contribution in [2.45, 2.75) is 65.8 Å². The molecule has 186 valence electrons. The molecule has 0 bridgehead atoms. The fraction of sp³-hybridized carbons (Fsp3) is 0.538. The maximum atomic E-state index is 13.2. The number of fused-ring (bicyclic) bond motifs is 1. The molecule has 35 heavy (non-hydrogen) atoms. The molecule has 2 amide bonds. The van der Waals surface area contributed by atoms with Crippen LogP contribution < -0.4 is 5.56 Å². The zero-order chi connectivity index (χ0) is 25.3. The molecule has 2 aliphatic rings. The van der Waals surface area contributed by atoms with Crippen LogP contribution in [0.4, 0.5) is 0 Å². The van der Waals surface area contributed by atoms with Crippen molar-refractivity contribution in [3.63, 3.8) is 0 Å². The first-order chi connectivity index (χ1) is 16.6. The molecular formula is C26H33N5O4. The van der Waals surface area contributed by atoms with Gasteiger partial charge in [-0.1, -0.05) is 20.8 Å². The molecule has 1 atom stereocenters. The number of piperazine rings is 1. The van der Waals surface area contributed by atoms with E-state index in [0.717, 1.165) is 48.1 Å². The molecule has 0 spiro atoms. The summed E-state index contributed by atoms with van der Waals surface area (Å²) in [5.41, 5.74) is 3.08. The zero-order valence-electron chi connectivity index (χ0n) is 20.9. The van der Waals surface area contributed by atoms with Gasteiger partial charge in [0.2, 0.25) is 5.78 Å². The monoisotopic (exact) mass is 479 g/mol. The van der Waals surface area contributed by atoms with Gasteiger partial charge in [0.15, 0.2) is 0 Å². The lowest BCUT2D eigenvalue weighted by atomic mass is 9.89. The van der Waals surface area contributed by atoms with E-state index in [9.17, 15) is 19.2 Å². The summed E-state index contributed by atoms with van der Waals surface area (Å²) in [7, 11) is 0. The molecule has 3 heterocycles. The quantitative estimate of drug-likeness (QED) is 0.670. The first-order valence-electron chi connectivity index (χ1n) is 12.2. The second kappa shape index (κ2) is 9.71. The van der Waals surface area contributed by atoms with Crippen LogP contribution >= 0.6 is 0 Å². The number of hydrogen-bond donors (Lipinski definition) is 1. The van der Waals surface area contributed by atoms with Crippen LogP contribution in [0, 0.1) is 5.41 Å². The SMILES string of the molecule is C[C@@H]1CN(C(=O)c2cc(Cc3n[nH]c(=O)c4c3CCCC4)ccn2)CCN1C(=O)C(=O)C(C)(C)C. The smallest absolute Gasteiger partial charge is 0.290 e. The number of aromatic nitrogens is 3. The van der Waals surface area contributed by atoms with E-state index in [1.165, 1.54) is 0 Å². The maximum absolute atomic E-state index is 13.2. The number of aromatic amines is 1. The van der Waals surface area contributed by atoms with Crippen molar-refractivity contribution in [1.29, 1.82) is 0 Å². The molecule has 1 fully saturated rings. The second-order valence-electron chi connectivity index (χ2n) is 10.6. The number of hydrogen-bond acceptors (Lipinski definition) is 6. The van der Waals surface area contributed by atoms with E-state index < -0.39 is 17.1 Å². The third-order valence-corrected chi connectivity index (χ3v) is 6.85. The van der Waals surface area contributed by atoms with Gasteiger partial charge in [0, 0.05) is 49.3 Å².